The Hall–Kier alpha value is -2.27. The molecule has 24 heavy (non-hydrogen) atoms. The number of nitrogens with one attached hydrogen (secondary N) is 1. The lowest BCUT2D eigenvalue weighted by atomic mass is 9.95. The van der Waals surface area contributed by atoms with Crippen molar-refractivity contribution < 1.29 is 19.1 Å². The molecule has 0 aliphatic carbocycles. The van der Waals surface area contributed by atoms with Crippen molar-refractivity contribution in [3.05, 3.63) is 53.0 Å². The molecule has 2 N–H and O–H groups in total. The van der Waals surface area contributed by atoms with Gasteiger partial charge in [-0.3, -0.25) is 4.79 Å². The zero-order chi connectivity index (χ0) is 17.5. The van der Waals surface area contributed by atoms with Gasteiger partial charge < -0.3 is 19.6 Å². The molecular formula is C19H23NO4. The van der Waals surface area contributed by atoms with Gasteiger partial charge in [0, 0.05) is 17.0 Å². The average Bonchev–Trinajstić information content (AvgIpc) is 3.06. The van der Waals surface area contributed by atoms with E-state index in [-0.39, 0.29) is 18.4 Å². The molecule has 1 aliphatic rings. The normalized spacial score (nSPS) is 21.7. The van der Waals surface area contributed by atoms with Crippen molar-refractivity contribution in [2.45, 2.75) is 45.3 Å². The Kier molecular flexibility index (Phi) is 4.13. The Morgan fingerprint density at radius 2 is 2.04 bits per heavy atom. The van der Waals surface area contributed by atoms with Gasteiger partial charge in [-0.1, -0.05) is 25.1 Å². The van der Waals surface area contributed by atoms with E-state index >= 15 is 0 Å². The lowest BCUT2D eigenvalue weighted by Gasteiger charge is -2.24. The van der Waals surface area contributed by atoms with E-state index in [1.54, 1.807) is 19.9 Å². The summed E-state index contributed by atoms with van der Waals surface area (Å²) in [4.78, 5) is 12.5. The van der Waals surface area contributed by atoms with E-state index in [0.717, 1.165) is 17.1 Å². The molecule has 1 aromatic heterocycles. The molecule has 5 heteroatoms. The molecule has 0 bridgehead atoms. The Bertz CT molecular complexity index is 762. The molecular weight excluding hydrogens is 306 g/mol. The molecule has 128 valence electrons. The number of fused-ring (bicyclic) bond motifs is 1. The van der Waals surface area contributed by atoms with E-state index in [4.69, 9.17) is 9.15 Å². The molecule has 5 nitrogen and oxygen atoms in total. The van der Waals surface area contributed by atoms with Crippen molar-refractivity contribution in [1.82, 2.24) is 5.32 Å². The fraction of sp³-hybridized carbons (Fsp3) is 0.421. The van der Waals surface area contributed by atoms with Crippen LogP contribution < -0.4 is 10.1 Å². The zero-order valence-corrected chi connectivity index (χ0v) is 14.4. The van der Waals surface area contributed by atoms with Crippen LogP contribution in [0.2, 0.25) is 0 Å². The molecule has 0 saturated heterocycles. The van der Waals surface area contributed by atoms with E-state index in [1.807, 2.05) is 38.1 Å². The lowest BCUT2D eigenvalue weighted by molar-refractivity contribution is -0.129. The molecule has 0 saturated carbocycles. The number of para-hydroxylation sites is 1. The van der Waals surface area contributed by atoms with Crippen molar-refractivity contribution in [3.63, 3.8) is 0 Å². The average molecular weight is 329 g/mol. The second-order valence-corrected chi connectivity index (χ2v) is 6.68. The largest absolute Gasteiger partial charge is 0.480 e. The number of aliphatic hydroxyl groups is 1. The van der Waals surface area contributed by atoms with Crippen LogP contribution in [0.3, 0.4) is 0 Å². The van der Waals surface area contributed by atoms with Crippen LogP contribution in [0.1, 0.15) is 42.4 Å². The quantitative estimate of drug-likeness (QED) is 0.905. The van der Waals surface area contributed by atoms with Crippen LogP contribution in [-0.4, -0.2) is 23.7 Å². The van der Waals surface area contributed by atoms with Gasteiger partial charge in [-0.05, 0) is 32.9 Å². The predicted molar refractivity (Wildman–Crippen MR) is 90.0 cm³/mol. The smallest absolute Gasteiger partial charge is 0.261 e. The first kappa shape index (κ1) is 16.6. The second-order valence-electron chi connectivity index (χ2n) is 6.68. The highest BCUT2D eigenvalue weighted by Gasteiger charge is 2.37. The summed E-state index contributed by atoms with van der Waals surface area (Å²) in [6, 6.07) is 9.47. The van der Waals surface area contributed by atoms with E-state index in [9.17, 15) is 9.90 Å². The maximum atomic E-state index is 12.5. The molecule has 2 aromatic rings. The van der Waals surface area contributed by atoms with Crippen LogP contribution in [0, 0.1) is 13.8 Å². The Morgan fingerprint density at radius 3 is 2.67 bits per heavy atom. The van der Waals surface area contributed by atoms with Crippen LogP contribution in [0.15, 0.2) is 34.7 Å². The van der Waals surface area contributed by atoms with Crippen LogP contribution in [0.5, 0.6) is 5.75 Å². The number of carbonyl (C=O) groups excluding carboxylic acids is 1. The molecule has 0 radical (unpaired) electrons. The van der Waals surface area contributed by atoms with Gasteiger partial charge in [0.05, 0.1) is 6.54 Å². The maximum Gasteiger partial charge on any atom is 0.261 e. The topological polar surface area (TPSA) is 71.7 Å². The first-order valence-electron chi connectivity index (χ1n) is 8.13. The van der Waals surface area contributed by atoms with Crippen molar-refractivity contribution in [1.29, 1.82) is 0 Å². The van der Waals surface area contributed by atoms with Gasteiger partial charge in [0.1, 0.15) is 22.9 Å². The van der Waals surface area contributed by atoms with E-state index in [2.05, 4.69) is 5.32 Å². The molecule has 0 spiro atoms. The summed E-state index contributed by atoms with van der Waals surface area (Å²) in [5, 5.41) is 13.5. The number of hydrogen-bond acceptors (Lipinski definition) is 4. The molecule has 3 rings (SSSR count). The number of furan rings is 1. The highest BCUT2D eigenvalue weighted by Crippen LogP contribution is 2.37. The summed E-state index contributed by atoms with van der Waals surface area (Å²) in [6.07, 6.45) is -0.578. The summed E-state index contributed by atoms with van der Waals surface area (Å²) in [6.45, 7) is 7.36. The summed E-state index contributed by atoms with van der Waals surface area (Å²) in [5.41, 5.74) is 0.515. The van der Waals surface area contributed by atoms with Crippen molar-refractivity contribution in [3.8, 4) is 5.75 Å². The molecule has 0 fully saturated rings. The number of hydrogen-bond donors (Lipinski definition) is 2. The maximum absolute atomic E-state index is 12.5. The van der Waals surface area contributed by atoms with Gasteiger partial charge >= 0.3 is 0 Å². The minimum absolute atomic E-state index is 0.0240. The van der Waals surface area contributed by atoms with Gasteiger partial charge in [0.25, 0.3) is 5.91 Å². The summed E-state index contributed by atoms with van der Waals surface area (Å²) >= 11 is 0. The van der Waals surface area contributed by atoms with E-state index in [0.29, 0.717) is 11.3 Å². The van der Waals surface area contributed by atoms with Crippen LogP contribution >= 0.6 is 0 Å². The standard InChI is InChI=1S/C19H23NO4/c1-11-9-15(13(3)23-11)19(4,22)10-20-18(21)17-12(2)14-7-5-6-8-16(14)24-17/h5-9,12,17,22H,10H2,1-4H3,(H,20,21). The predicted octanol–water partition coefficient (Wildman–Crippen LogP) is 2.78. The minimum atomic E-state index is -1.20. The van der Waals surface area contributed by atoms with Crippen molar-refractivity contribution >= 4 is 5.91 Å². The first-order chi connectivity index (χ1) is 11.3. The third-order valence-electron chi connectivity index (χ3n) is 4.60. The fourth-order valence-corrected chi connectivity index (χ4v) is 3.27. The summed E-state index contributed by atoms with van der Waals surface area (Å²) in [7, 11) is 0. The number of benzene rings is 1. The summed E-state index contributed by atoms with van der Waals surface area (Å²) < 4.78 is 11.2. The van der Waals surface area contributed by atoms with Gasteiger partial charge in [-0.15, -0.1) is 0 Å². The van der Waals surface area contributed by atoms with Gasteiger partial charge in [0.15, 0.2) is 6.10 Å². The van der Waals surface area contributed by atoms with Gasteiger partial charge in [-0.2, -0.15) is 0 Å². The molecule has 1 amide bonds. The summed E-state index contributed by atoms with van der Waals surface area (Å²) in [5.74, 6) is 1.89. The Balaban J connectivity index is 1.67. The minimum Gasteiger partial charge on any atom is -0.480 e. The van der Waals surface area contributed by atoms with Crippen LogP contribution in [0.4, 0.5) is 0 Å². The molecule has 3 atom stereocenters. The van der Waals surface area contributed by atoms with E-state index in [1.165, 1.54) is 0 Å². The Labute approximate surface area is 141 Å². The molecule has 3 unspecified atom stereocenters. The van der Waals surface area contributed by atoms with E-state index < -0.39 is 11.7 Å². The first-order valence-corrected chi connectivity index (χ1v) is 8.13. The fourth-order valence-electron chi connectivity index (χ4n) is 3.27. The zero-order valence-electron chi connectivity index (χ0n) is 14.4. The molecule has 1 aliphatic heterocycles. The van der Waals surface area contributed by atoms with Crippen LogP contribution in [-0.2, 0) is 10.4 Å². The molecule has 2 heterocycles. The third-order valence-corrected chi connectivity index (χ3v) is 4.60. The number of rotatable bonds is 4. The SMILES string of the molecule is Cc1cc(C(C)(O)CNC(=O)C2Oc3ccccc3C2C)c(C)o1. The second kappa shape index (κ2) is 5.98. The third kappa shape index (κ3) is 2.91. The number of amides is 1. The van der Waals surface area contributed by atoms with Crippen molar-refractivity contribution in [2.24, 2.45) is 0 Å². The Morgan fingerprint density at radius 1 is 1.33 bits per heavy atom. The van der Waals surface area contributed by atoms with Gasteiger partial charge in [0.2, 0.25) is 0 Å². The number of ether oxygens (including phenoxy) is 1. The van der Waals surface area contributed by atoms with Gasteiger partial charge in [-0.25, -0.2) is 0 Å². The number of carbonyl (C=O) groups is 1. The molecule has 1 aromatic carbocycles. The lowest BCUT2D eigenvalue weighted by Crippen LogP contribution is -2.45. The highest BCUT2D eigenvalue weighted by molar-refractivity contribution is 5.83. The monoisotopic (exact) mass is 329 g/mol. The number of aryl methyl sites for hydroxylation is 2. The van der Waals surface area contributed by atoms with Crippen molar-refractivity contribution in [2.75, 3.05) is 6.54 Å². The van der Waals surface area contributed by atoms with Crippen LogP contribution in [0.25, 0.3) is 0 Å². The highest BCUT2D eigenvalue weighted by atomic mass is 16.5.